The van der Waals surface area contributed by atoms with E-state index in [-0.39, 0.29) is 5.23 Å². The Morgan fingerprint density at radius 1 is 1.29 bits per heavy atom. The molecule has 1 rings (SSSR count). The van der Waals surface area contributed by atoms with Crippen LogP contribution in [0.25, 0.3) is 0 Å². The molecule has 1 fully saturated rings. The number of nitrogens with zero attached hydrogens (tertiary/aromatic N) is 1. The Hall–Kier alpha value is -1.87. The predicted molar refractivity (Wildman–Crippen MR) is 38.0 cm³/mol. The first-order valence-corrected chi connectivity index (χ1v) is 3.37. The third kappa shape index (κ3) is 1.72. The predicted octanol–water partition coefficient (Wildman–Crippen LogP) is -3.17. The average Bonchev–Trinajstić information content (AvgIpc) is 2.20. The highest BCUT2D eigenvalue weighted by molar-refractivity contribution is 5.88. The van der Waals surface area contributed by atoms with Gasteiger partial charge >= 0.3 is 11.9 Å². The number of aliphatic hydroxyl groups is 2. The van der Waals surface area contributed by atoms with Crippen LogP contribution in [0.3, 0.4) is 0 Å². The first-order chi connectivity index (χ1) is 6.43. The number of carbonyl (C=O) groups is 2. The summed E-state index contributed by atoms with van der Waals surface area (Å²) in [6, 6.07) is 0. The van der Waals surface area contributed by atoms with E-state index in [1.807, 2.05) is 0 Å². The van der Waals surface area contributed by atoms with Crippen LogP contribution in [0.5, 0.6) is 0 Å². The minimum Gasteiger partial charge on any atom is -0.379 e. The fourth-order valence-corrected chi connectivity index (χ4v) is 0.646. The number of nitrogens with two attached hydrogens (primary N) is 1. The Balaban J connectivity index is 2.88. The third-order valence-electron chi connectivity index (χ3n) is 1.32. The molecule has 0 aromatic carbocycles. The van der Waals surface area contributed by atoms with Gasteiger partial charge in [-0.1, -0.05) is 0 Å². The van der Waals surface area contributed by atoms with E-state index in [0.29, 0.717) is 0 Å². The zero-order valence-corrected chi connectivity index (χ0v) is 6.71. The second-order valence-corrected chi connectivity index (χ2v) is 2.35. The monoisotopic (exact) mass is 205 g/mol. The molecule has 0 aromatic heterocycles. The molecular weight excluding hydrogens is 198 g/mol. The molecule has 9 heteroatoms. The molecule has 0 bridgehead atoms. The van der Waals surface area contributed by atoms with Crippen LogP contribution in [0.1, 0.15) is 0 Å². The van der Waals surface area contributed by atoms with E-state index in [1.165, 1.54) is 0 Å². The summed E-state index contributed by atoms with van der Waals surface area (Å²) in [7, 11) is 0. The molecular formula is C5H7N3O6. The largest absolute Gasteiger partial charge is 0.379 e. The highest BCUT2D eigenvalue weighted by atomic mass is 17.0. The molecule has 1 aliphatic rings. The van der Waals surface area contributed by atoms with Gasteiger partial charge in [0.15, 0.2) is 12.2 Å². The fourth-order valence-electron chi connectivity index (χ4n) is 0.646. The minimum atomic E-state index is -2.06. The van der Waals surface area contributed by atoms with Gasteiger partial charge in [-0.25, -0.2) is 9.59 Å². The van der Waals surface area contributed by atoms with Crippen molar-refractivity contribution in [3.63, 3.8) is 0 Å². The van der Waals surface area contributed by atoms with E-state index in [1.54, 1.807) is 0 Å². The lowest BCUT2D eigenvalue weighted by Crippen LogP contribution is -2.38. The Bertz CT molecular complexity index is 269. The number of rotatable bonds is 0. The number of hydroxylamine groups is 2. The van der Waals surface area contributed by atoms with Crippen molar-refractivity contribution in [2.75, 3.05) is 0 Å². The molecule has 9 nitrogen and oxygen atoms in total. The van der Waals surface area contributed by atoms with Gasteiger partial charge in [0.05, 0.1) is 0 Å². The maximum atomic E-state index is 10.8. The second-order valence-electron chi connectivity index (χ2n) is 2.35. The molecule has 14 heavy (non-hydrogen) atoms. The minimum absolute atomic E-state index is 0.00981. The zero-order chi connectivity index (χ0) is 10.9. The maximum absolute atomic E-state index is 10.8. The van der Waals surface area contributed by atoms with Crippen LogP contribution < -0.4 is 5.73 Å². The van der Waals surface area contributed by atoms with Crippen LogP contribution in [0.4, 0.5) is 0 Å². The lowest BCUT2D eigenvalue weighted by Gasteiger charge is -2.14. The van der Waals surface area contributed by atoms with E-state index in [4.69, 9.17) is 21.4 Å². The second kappa shape index (κ2) is 3.47. The molecule has 0 aromatic rings. The summed E-state index contributed by atoms with van der Waals surface area (Å²) in [5.74, 6) is -3.58. The third-order valence-corrected chi connectivity index (χ3v) is 1.32. The summed E-state index contributed by atoms with van der Waals surface area (Å²) in [6.07, 6.45) is -4.13. The van der Waals surface area contributed by atoms with Crippen molar-refractivity contribution in [2.45, 2.75) is 12.2 Å². The molecule has 2 atom stereocenters. The van der Waals surface area contributed by atoms with Crippen LogP contribution in [-0.2, 0) is 19.3 Å². The number of carbonyl (C=O) groups excluding carboxylic acids is 2. The molecule has 1 heterocycles. The first-order valence-electron chi connectivity index (χ1n) is 3.37. The van der Waals surface area contributed by atoms with Crippen LogP contribution in [-0.4, -0.2) is 45.5 Å². The summed E-state index contributed by atoms with van der Waals surface area (Å²) in [6.45, 7) is 0. The average molecular weight is 205 g/mol. The van der Waals surface area contributed by atoms with Crippen molar-refractivity contribution in [1.29, 1.82) is 5.41 Å². The Kier molecular flexibility index (Phi) is 2.53. The SMILES string of the molecule is N=C(N)N1OC(=O)C(O)C(O)C(=O)O1. The highest BCUT2D eigenvalue weighted by Gasteiger charge is 2.40. The van der Waals surface area contributed by atoms with Gasteiger partial charge in [0.1, 0.15) is 0 Å². The quantitative estimate of drug-likeness (QED) is 0.239. The summed E-state index contributed by atoms with van der Waals surface area (Å²) >= 11 is 0. The van der Waals surface area contributed by atoms with Crippen molar-refractivity contribution in [2.24, 2.45) is 5.73 Å². The normalized spacial score (nSPS) is 27.7. The highest BCUT2D eigenvalue weighted by Crippen LogP contribution is 2.08. The van der Waals surface area contributed by atoms with Crippen molar-refractivity contribution >= 4 is 17.9 Å². The van der Waals surface area contributed by atoms with Crippen LogP contribution in [0.15, 0.2) is 0 Å². The molecule has 1 aliphatic heterocycles. The molecule has 0 aliphatic carbocycles. The van der Waals surface area contributed by atoms with E-state index >= 15 is 0 Å². The van der Waals surface area contributed by atoms with Crippen LogP contribution >= 0.6 is 0 Å². The van der Waals surface area contributed by atoms with Gasteiger partial charge in [-0.2, -0.15) is 0 Å². The Morgan fingerprint density at radius 2 is 1.64 bits per heavy atom. The van der Waals surface area contributed by atoms with Crippen molar-refractivity contribution < 1.29 is 29.5 Å². The summed E-state index contributed by atoms with van der Waals surface area (Å²) in [5.41, 5.74) is 4.84. The van der Waals surface area contributed by atoms with Gasteiger partial charge in [-0.15, -0.1) is 0 Å². The van der Waals surface area contributed by atoms with Crippen molar-refractivity contribution in [3.05, 3.63) is 0 Å². The lowest BCUT2D eigenvalue weighted by molar-refractivity contribution is -0.279. The molecule has 0 saturated carbocycles. The van der Waals surface area contributed by atoms with E-state index in [0.717, 1.165) is 0 Å². The topological polar surface area (TPSA) is 146 Å². The van der Waals surface area contributed by atoms with Gasteiger partial charge < -0.3 is 25.6 Å². The molecule has 5 N–H and O–H groups in total. The number of aliphatic hydroxyl groups excluding tert-OH is 2. The standard InChI is InChI=1S/C5H7N3O6/c6-5(7)8-13-3(11)1(9)2(10)4(12)14-8/h1-2,9-10H,(H3,6,7). The summed E-state index contributed by atoms with van der Waals surface area (Å²) in [4.78, 5) is 29.9. The van der Waals surface area contributed by atoms with Gasteiger partial charge in [-0.05, 0) is 0 Å². The molecule has 0 spiro atoms. The van der Waals surface area contributed by atoms with Gasteiger partial charge in [0, 0.05) is 5.23 Å². The first kappa shape index (κ1) is 10.2. The van der Waals surface area contributed by atoms with Crippen LogP contribution in [0.2, 0.25) is 0 Å². The number of hydrogen-bond donors (Lipinski definition) is 4. The number of guanidine groups is 1. The van der Waals surface area contributed by atoms with E-state index < -0.39 is 30.1 Å². The van der Waals surface area contributed by atoms with E-state index in [2.05, 4.69) is 9.68 Å². The number of nitrogens with one attached hydrogen (secondary N) is 1. The number of hydrogen-bond acceptors (Lipinski definition) is 7. The lowest BCUT2D eigenvalue weighted by atomic mass is 10.2. The molecule has 78 valence electrons. The van der Waals surface area contributed by atoms with Gasteiger partial charge in [0.2, 0.25) is 0 Å². The Labute approximate surface area is 77.0 Å². The van der Waals surface area contributed by atoms with Crippen molar-refractivity contribution in [3.8, 4) is 0 Å². The van der Waals surface area contributed by atoms with E-state index in [9.17, 15) is 9.59 Å². The van der Waals surface area contributed by atoms with Crippen LogP contribution in [0, 0.1) is 5.41 Å². The summed E-state index contributed by atoms with van der Waals surface area (Å²) in [5, 5.41) is 24.6. The summed E-state index contributed by atoms with van der Waals surface area (Å²) < 4.78 is 0. The maximum Gasteiger partial charge on any atom is 0.368 e. The van der Waals surface area contributed by atoms with Gasteiger partial charge in [0.25, 0.3) is 5.96 Å². The molecule has 2 unspecified atom stereocenters. The Morgan fingerprint density at radius 3 is 1.93 bits per heavy atom. The molecule has 1 saturated heterocycles. The molecule has 0 amide bonds. The molecule has 0 radical (unpaired) electrons. The smallest absolute Gasteiger partial charge is 0.368 e. The fraction of sp³-hybridized carbons (Fsp3) is 0.400. The van der Waals surface area contributed by atoms with Crippen molar-refractivity contribution in [1.82, 2.24) is 5.23 Å². The zero-order valence-electron chi connectivity index (χ0n) is 6.71. The van der Waals surface area contributed by atoms with Gasteiger partial charge in [-0.3, -0.25) is 5.41 Å².